The van der Waals surface area contributed by atoms with E-state index in [2.05, 4.69) is 26.3 Å². The van der Waals surface area contributed by atoms with Crippen molar-refractivity contribution >= 4 is 57.0 Å². The number of fused-ring (bicyclic) bond motifs is 2. The number of carbonyl (C=O) groups excluding carboxylic acids is 5. The number of Topliss-reactive ketones (excluding diaryl/α,β-unsaturated/α-hetero) is 1. The van der Waals surface area contributed by atoms with Gasteiger partial charge in [0.2, 0.25) is 17.6 Å². The van der Waals surface area contributed by atoms with E-state index in [4.69, 9.17) is 4.74 Å². The van der Waals surface area contributed by atoms with Gasteiger partial charge in [-0.15, -0.1) is 0 Å². The maximum atomic E-state index is 14.2. The molecule has 0 aliphatic carbocycles. The molecule has 1 heterocycles. The Bertz CT molecular complexity index is 2050. The molecule has 0 unspecified atom stereocenters. The fraction of sp³-hybridized carbons (Fsp3) is 0.310. The minimum atomic E-state index is -1.17. The lowest BCUT2D eigenvalue weighted by Gasteiger charge is -2.26. The summed E-state index contributed by atoms with van der Waals surface area (Å²) in [6.07, 6.45) is 1.53. The van der Waals surface area contributed by atoms with Crippen LogP contribution < -0.4 is 21.3 Å². The average molecular weight is 718 g/mol. The highest BCUT2D eigenvalue weighted by molar-refractivity contribution is 6.43. The summed E-state index contributed by atoms with van der Waals surface area (Å²) in [4.78, 5) is 71.3. The maximum Gasteiger partial charge on any atom is 0.408 e. The van der Waals surface area contributed by atoms with Crippen LogP contribution in [0.15, 0.2) is 103 Å². The van der Waals surface area contributed by atoms with E-state index in [1.807, 2.05) is 113 Å². The van der Waals surface area contributed by atoms with Gasteiger partial charge in [-0.3, -0.25) is 19.2 Å². The van der Waals surface area contributed by atoms with Crippen molar-refractivity contribution < 1.29 is 28.7 Å². The molecule has 0 radical (unpaired) electrons. The number of nitrogens with one attached hydrogen (secondary N) is 5. The molecule has 53 heavy (non-hydrogen) atoms. The first kappa shape index (κ1) is 38.3. The number of ether oxygens (including phenoxy) is 1. The topological polar surface area (TPSA) is 158 Å². The normalized spacial score (nSPS) is 12.9. The van der Waals surface area contributed by atoms with E-state index in [0.29, 0.717) is 5.69 Å². The Labute approximate surface area is 309 Å². The second kappa shape index (κ2) is 18.0. The number of anilines is 1. The molecule has 0 saturated heterocycles. The standard InChI is InChI=1S/C42H47N5O6/c1-26(2)21-35(38(48)41(51)44-34-20-12-16-29-15-8-9-17-31(29)34)45-40(50)37(23-30-24-43-33-19-11-10-18-32(30)33)46-39(49)36(22-27(3)4)47-42(52)53-25-28-13-6-5-7-14-28/h5-20,24,26-27,35-37,43H,21-23,25H2,1-4H3,(H,44,51)(H,45,50)(H,46,49)(H,47,52)/t35-,36-,37-/m0/s1. The van der Waals surface area contributed by atoms with Crippen molar-refractivity contribution in [1.82, 2.24) is 20.9 Å². The molecule has 0 spiro atoms. The average Bonchev–Trinajstić information content (AvgIpc) is 3.55. The van der Waals surface area contributed by atoms with Crippen LogP contribution >= 0.6 is 0 Å². The van der Waals surface area contributed by atoms with Crippen LogP contribution in [-0.4, -0.2) is 52.7 Å². The van der Waals surface area contributed by atoms with Crippen LogP contribution in [0, 0.1) is 11.8 Å². The first-order valence-corrected chi connectivity index (χ1v) is 17.9. The molecule has 276 valence electrons. The number of aromatic amines is 1. The van der Waals surface area contributed by atoms with Crippen molar-refractivity contribution in [2.45, 2.75) is 71.7 Å². The van der Waals surface area contributed by atoms with Gasteiger partial charge in [-0.1, -0.05) is 113 Å². The Hall–Kier alpha value is -5.97. The van der Waals surface area contributed by atoms with E-state index in [1.165, 1.54) is 0 Å². The number of aromatic nitrogens is 1. The molecule has 0 saturated carbocycles. The molecule has 0 bridgehead atoms. The van der Waals surface area contributed by atoms with E-state index < -0.39 is 47.7 Å². The number of rotatable bonds is 16. The number of ketones is 1. The summed E-state index contributed by atoms with van der Waals surface area (Å²) in [6, 6.07) is 26.3. The number of hydrogen-bond acceptors (Lipinski definition) is 6. The van der Waals surface area contributed by atoms with E-state index in [-0.39, 0.29) is 37.7 Å². The predicted molar refractivity (Wildman–Crippen MR) is 206 cm³/mol. The van der Waals surface area contributed by atoms with Crippen LogP contribution in [0.25, 0.3) is 21.7 Å². The van der Waals surface area contributed by atoms with Crippen molar-refractivity contribution in [3.63, 3.8) is 0 Å². The number of H-pyrrole nitrogens is 1. The fourth-order valence-corrected chi connectivity index (χ4v) is 6.26. The van der Waals surface area contributed by atoms with E-state index >= 15 is 0 Å². The van der Waals surface area contributed by atoms with Crippen LogP contribution in [0.3, 0.4) is 0 Å². The molecule has 0 fully saturated rings. The van der Waals surface area contributed by atoms with Crippen molar-refractivity contribution in [3.05, 3.63) is 114 Å². The minimum absolute atomic E-state index is 0.00867. The number of para-hydroxylation sites is 1. The van der Waals surface area contributed by atoms with Gasteiger partial charge in [0.1, 0.15) is 18.7 Å². The quantitative estimate of drug-likeness (QED) is 0.0741. The van der Waals surface area contributed by atoms with Crippen molar-refractivity contribution in [1.29, 1.82) is 0 Å². The second-order valence-corrected chi connectivity index (χ2v) is 14.0. The summed E-state index contributed by atoms with van der Waals surface area (Å²) in [5.41, 5.74) is 2.88. The molecular weight excluding hydrogens is 670 g/mol. The Morgan fingerprint density at radius 2 is 1.25 bits per heavy atom. The highest BCUT2D eigenvalue weighted by Crippen LogP contribution is 2.24. The van der Waals surface area contributed by atoms with Gasteiger partial charge < -0.3 is 31.0 Å². The first-order chi connectivity index (χ1) is 25.5. The Morgan fingerprint density at radius 3 is 1.98 bits per heavy atom. The van der Waals surface area contributed by atoms with E-state index in [9.17, 15) is 24.0 Å². The highest BCUT2D eigenvalue weighted by Gasteiger charge is 2.33. The number of alkyl carbamates (subject to hydrolysis) is 1. The molecule has 11 nitrogen and oxygen atoms in total. The van der Waals surface area contributed by atoms with E-state index in [0.717, 1.165) is 32.8 Å². The summed E-state index contributed by atoms with van der Waals surface area (Å²) < 4.78 is 5.39. The third-order valence-electron chi connectivity index (χ3n) is 8.86. The van der Waals surface area contributed by atoms with Gasteiger partial charge in [0, 0.05) is 34.6 Å². The van der Waals surface area contributed by atoms with Crippen LogP contribution in [-0.2, 0) is 36.9 Å². The van der Waals surface area contributed by atoms with Crippen molar-refractivity contribution in [3.8, 4) is 0 Å². The molecule has 11 heteroatoms. The summed E-state index contributed by atoms with van der Waals surface area (Å²) in [6.45, 7) is 7.63. The SMILES string of the molecule is CC(C)C[C@H](NC(=O)OCc1ccccc1)C(=O)N[C@@H](Cc1c[nH]c2ccccc12)C(=O)N[C@@H](CC(C)C)C(=O)C(=O)Nc1cccc2ccccc12. The third kappa shape index (κ3) is 10.5. The van der Waals surface area contributed by atoms with Gasteiger partial charge >= 0.3 is 6.09 Å². The molecule has 5 aromatic rings. The zero-order chi connectivity index (χ0) is 37.9. The van der Waals surface area contributed by atoms with Crippen LogP contribution in [0.2, 0.25) is 0 Å². The van der Waals surface area contributed by atoms with Crippen LogP contribution in [0.4, 0.5) is 10.5 Å². The molecule has 3 atom stereocenters. The lowest BCUT2D eigenvalue weighted by molar-refractivity contribution is -0.138. The van der Waals surface area contributed by atoms with Crippen LogP contribution in [0.1, 0.15) is 51.7 Å². The van der Waals surface area contributed by atoms with E-state index in [1.54, 1.807) is 18.3 Å². The molecule has 0 aliphatic heterocycles. The number of hydrogen-bond donors (Lipinski definition) is 5. The summed E-state index contributed by atoms with van der Waals surface area (Å²) in [5, 5.41) is 13.6. The molecular formula is C42H47N5O6. The minimum Gasteiger partial charge on any atom is -0.445 e. The predicted octanol–water partition coefficient (Wildman–Crippen LogP) is 6.43. The largest absolute Gasteiger partial charge is 0.445 e. The van der Waals surface area contributed by atoms with Gasteiger partial charge in [-0.25, -0.2) is 4.79 Å². The Morgan fingerprint density at radius 1 is 0.642 bits per heavy atom. The molecule has 5 N–H and O–H groups in total. The number of amides is 4. The van der Waals surface area contributed by atoms with Crippen molar-refractivity contribution in [2.75, 3.05) is 5.32 Å². The molecule has 5 rings (SSSR count). The molecule has 0 aliphatic rings. The zero-order valence-electron chi connectivity index (χ0n) is 30.5. The van der Waals surface area contributed by atoms with Crippen LogP contribution in [0.5, 0.6) is 0 Å². The zero-order valence-corrected chi connectivity index (χ0v) is 30.5. The summed E-state index contributed by atoms with van der Waals surface area (Å²) >= 11 is 0. The first-order valence-electron chi connectivity index (χ1n) is 17.9. The molecule has 1 aromatic heterocycles. The Kier molecular flexibility index (Phi) is 13.0. The molecule has 4 aromatic carbocycles. The lowest BCUT2D eigenvalue weighted by atomic mass is 9.97. The fourth-order valence-electron chi connectivity index (χ4n) is 6.26. The summed E-state index contributed by atoms with van der Waals surface area (Å²) in [5.74, 6) is -2.95. The Balaban J connectivity index is 1.36. The number of carbonyl (C=O) groups is 5. The second-order valence-electron chi connectivity index (χ2n) is 14.0. The molecule has 4 amide bonds. The van der Waals surface area contributed by atoms with Gasteiger partial charge in [-0.2, -0.15) is 0 Å². The van der Waals surface area contributed by atoms with Gasteiger partial charge in [0.15, 0.2) is 0 Å². The number of benzene rings is 4. The van der Waals surface area contributed by atoms with Crippen molar-refractivity contribution in [2.24, 2.45) is 11.8 Å². The van der Waals surface area contributed by atoms with Gasteiger partial charge in [0.25, 0.3) is 5.91 Å². The smallest absolute Gasteiger partial charge is 0.408 e. The summed E-state index contributed by atoms with van der Waals surface area (Å²) in [7, 11) is 0. The lowest BCUT2D eigenvalue weighted by Crippen LogP contribution is -2.57. The van der Waals surface area contributed by atoms with Gasteiger partial charge in [0.05, 0.1) is 6.04 Å². The highest BCUT2D eigenvalue weighted by atomic mass is 16.5. The third-order valence-corrected chi connectivity index (χ3v) is 8.86. The monoisotopic (exact) mass is 717 g/mol. The maximum absolute atomic E-state index is 14.2. The van der Waals surface area contributed by atoms with Gasteiger partial charge in [-0.05, 0) is 53.3 Å².